The second kappa shape index (κ2) is 6.39. The lowest BCUT2D eigenvalue weighted by molar-refractivity contribution is -0.130. The number of carbonyl (C=O) groups is 2. The quantitative estimate of drug-likeness (QED) is 0.794. The fraction of sp³-hybridized carbons (Fsp3) is 0.769. The van der Waals surface area contributed by atoms with Crippen molar-refractivity contribution in [3.05, 3.63) is 0 Å². The lowest BCUT2D eigenvalue weighted by Gasteiger charge is -2.19. The van der Waals surface area contributed by atoms with Crippen LogP contribution in [0.3, 0.4) is 0 Å². The Kier molecular flexibility index (Phi) is 5.14. The largest absolute Gasteiger partial charge is 0.354 e. The summed E-state index contributed by atoms with van der Waals surface area (Å²) in [5.41, 5.74) is -0.989. The molecule has 1 rings (SSSR count). The van der Waals surface area contributed by atoms with Gasteiger partial charge in [0.1, 0.15) is 5.41 Å². The highest BCUT2D eigenvalue weighted by molar-refractivity contribution is 5.85. The van der Waals surface area contributed by atoms with Gasteiger partial charge in [0.2, 0.25) is 11.8 Å². The van der Waals surface area contributed by atoms with Crippen LogP contribution in [0.1, 0.15) is 39.5 Å². The molecule has 1 heterocycles. The van der Waals surface area contributed by atoms with E-state index in [1.165, 1.54) is 0 Å². The number of amides is 2. The molecule has 0 radical (unpaired) electrons. The predicted molar refractivity (Wildman–Crippen MR) is 67.5 cm³/mol. The minimum atomic E-state index is -0.989. The zero-order valence-corrected chi connectivity index (χ0v) is 11.2. The summed E-state index contributed by atoms with van der Waals surface area (Å²) in [5.74, 6) is -0.204. The second-order valence-electron chi connectivity index (χ2n) is 4.89. The fourth-order valence-corrected chi connectivity index (χ4v) is 1.89. The zero-order valence-electron chi connectivity index (χ0n) is 11.2. The normalized spacial score (nSPS) is 17.9. The van der Waals surface area contributed by atoms with E-state index in [0.717, 1.165) is 25.9 Å². The molecule has 0 saturated carbocycles. The van der Waals surface area contributed by atoms with Crippen molar-refractivity contribution in [2.24, 2.45) is 5.41 Å². The number of nitrogens with one attached hydrogen (secondary N) is 1. The van der Waals surface area contributed by atoms with Crippen molar-refractivity contribution < 1.29 is 9.59 Å². The van der Waals surface area contributed by atoms with Crippen LogP contribution in [0.4, 0.5) is 0 Å². The van der Waals surface area contributed by atoms with Crippen LogP contribution in [-0.4, -0.2) is 36.3 Å². The second-order valence-corrected chi connectivity index (χ2v) is 4.89. The Bertz CT molecular complexity index is 356. The molecular formula is C13H21N3O2. The smallest absolute Gasteiger partial charge is 0.240 e. The molecule has 0 aliphatic carbocycles. The van der Waals surface area contributed by atoms with Crippen LogP contribution in [0, 0.1) is 16.7 Å². The molecule has 5 nitrogen and oxygen atoms in total. The standard InChI is InChI=1S/C13H21N3O2/c1-3-13(2,10-14)12(18)15-7-6-11(17)16-8-4-5-9-16/h3-9H2,1-2H3,(H,15,18). The number of nitrogens with zero attached hydrogens (tertiary/aromatic N) is 2. The summed E-state index contributed by atoms with van der Waals surface area (Å²) in [6.45, 7) is 5.39. The molecule has 1 saturated heterocycles. The van der Waals surface area contributed by atoms with E-state index in [2.05, 4.69) is 5.32 Å². The summed E-state index contributed by atoms with van der Waals surface area (Å²) in [4.78, 5) is 25.3. The molecule has 0 spiro atoms. The summed E-state index contributed by atoms with van der Waals surface area (Å²) < 4.78 is 0. The maximum atomic E-state index is 11.8. The minimum Gasteiger partial charge on any atom is -0.354 e. The van der Waals surface area contributed by atoms with Gasteiger partial charge in [0.15, 0.2) is 0 Å². The van der Waals surface area contributed by atoms with E-state index in [-0.39, 0.29) is 11.8 Å². The van der Waals surface area contributed by atoms with Crippen molar-refractivity contribution in [1.82, 2.24) is 10.2 Å². The summed E-state index contributed by atoms with van der Waals surface area (Å²) >= 11 is 0. The molecule has 2 amide bonds. The van der Waals surface area contributed by atoms with E-state index >= 15 is 0 Å². The van der Waals surface area contributed by atoms with E-state index in [9.17, 15) is 9.59 Å². The van der Waals surface area contributed by atoms with Crippen molar-refractivity contribution in [1.29, 1.82) is 5.26 Å². The number of likely N-dealkylation sites (tertiary alicyclic amines) is 1. The van der Waals surface area contributed by atoms with Gasteiger partial charge in [0.25, 0.3) is 0 Å². The van der Waals surface area contributed by atoms with Crippen molar-refractivity contribution in [3.8, 4) is 6.07 Å². The van der Waals surface area contributed by atoms with Crippen LogP contribution >= 0.6 is 0 Å². The molecule has 1 N–H and O–H groups in total. The molecular weight excluding hydrogens is 230 g/mol. The van der Waals surface area contributed by atoms with Crippen molar-refractivity contribution in [3.63, 3.8) is 0 Å². The fourth-order valence-electron chi connectivity index (χ4n) is 1.89. The van der Waals surface area contributed by atoms with Gasteiger partial charge in [-0.3, -0.25) is 9.59 Å². The molecule has 1 unspecified atom stereocenters. The first-order valence-corrected chi connectivity index (χ1v) is 6.51. The highest BCUT2D eigenvalue weighted by Crippen LogP contribution is 2.19. The molecule has 0 bridgehead atoms. The Morgan fingerprint density at radius 1 is 1.39 bits per heavy atom. The van der Waals surface area contributed by atoms with E-state index < -0.39 is 5.41 Å². The Balaban J connectivity index is 2.31. The number of rotatable bonds is 5. The molecule has 0 aromatic heterocycles. The Morgan fingerprint density at radius 2 is 2.00 bits per heavy atom. The topological polar surface area (TPSA) is 73.2 Å². The van der Waals surface area contributed by atoms with Crippen LogP contribution < -0.4 is 5.32 Å². The van der Waals surface area contributed by atoms with Crippen LogP contribution in [0.2, 0.25) is 0 Å². The number of carbonyl (C=O) groups excluding carboxylic acids is 2. The predicted octanol–water partition coefficient (Wildman–Crippen LogP) is 1.05. The molecule has 1 aliphatic heterocycles. The Morgan fingerprint density at radius 3 is 2.50 bits per heavy atom. The molecule has 100 valence electrons. The van der Waals surface area contributed by atoms with Gasteiger partial charge >= 0.3 is 0 Å². The van der Waals surface area contributed by atoms with Gasteiger partial charge in [-0.05, 0) is 26.2 Å². The summed E-state index contributed by atoms with van der Waals surface area (Å²) in [5, 5.41) is 11.6. The van der Waals surface area contributed by atoms with Gasteiger partial charge < -0.3 is 10.2 Å². The van der Waals surface area contributed by atoms with Gasteiger partial charge in [-0.25, -0.2) is 0 Å². The first kappa shape index (κ1) is 14.5. The van der Waals surface area contributed by atoms with Crippen LogP contribution in [0.5, 0.6) is 0 Å². The van der Waals surface area contributed by atoms with E-state index in [1.807, 2.05) is 11.0 Å². The number of hydrogen-bond acceptors (Lipinski definition) is 3. The molecule has 1 fully saturated rings. The summed E-state index contributed by atoms with van der Waals surface area (Å²) in [6.07, 6.45) is 2.92. The van der Waals surface area contributed by atoms with Gasteiger partial charge in [0, 0.05) is 26.1 Å². The van der Waals surface area contributed by atoms with Crippen molar-refractivity contribution in [2.75, 3.05) is 19.6 Å². The third-order valence-corrected chi connectivity index (χ3v) is 3.54. The highest BCUT2D eigenvalue weighted by atomic mass is 16.2. The zero-order chi connectivity index (χ0) is 13.6. The van der Waals surface area contributed by atoms with Crippen LogP contribution in [-0.2, 0) is 9.59 Å². The third-order valence-electron chi connectivity index (χ3n) is 3.54. The number of nitriles is 1. The van der Waals surface area contributed by atoms with Gasteiger partial charge in [0.05, 0.1) is 6.07 Å². The minimum absolute atomic E-state index is 0.0861. The van der Waals surface area contributed by atoms with Gasteiger partial charge in [-0.2, -0.15) is 5.26 Å². The molecule has 0 aromatic carbocycles. The highest BCUT2D eigenvalue weighted by Gasteiger charge is 2.31. The lowest BCUT2D eigenvalue weighted by Crippen LogP contribution is -2.39. The molecule has 1 atom stereocenters. The maximum Gasteiger partial charge on any atom is 0.240 e. The summed E-state index contributed by atoms with van der Waals surface area (Å²) in [7, 11) is 0. The summed E-state index contributed by atoms with van der Waals surface area (Å²) in [6, 6.07) is 2.01. The van der Waals surface area contributed by atoms with E-state index in [0.29, 0.717) is 19.4 Å². The average Bonchev–Trinajstić information content (AvgIpc) is 2.91. The first-order valence-electron chi connectivity index (χ1n) is 6.51. The Labute approximate surface area is 108 Å². The monoisotopic (exact) mass is 251 g/mol. The van der Waals surface area contributed by atoms with Crippen molar-refractivity contribution >= 4 is 11.8 Å². The van der Waals surface area contributed by atoms with Crippen molar-refractivity contribution in [2.45, 2.75) is 39.5 Å². The van der Waals surface area contributed by atoms with Gasteiger partial charge in [-0.15, -0.1) is 0 Å². The SMILES string of the molecule is CCC(C)(C#N)C(=O)NCCC(=O)N1CCCC1. The first-order chi connectivity index (χ1) is 8.53. The molecule has 5 heteroatoms. The average molecular weight is 251 g/mol. The van der Waals surface area contributed by atoms with Crippen LogP contribution in [0.15, 0.2) is 0 Å². The molecule has 0 aromatic rings. The number of hydrogen-bond donors (Lipinski definition) is 1. The van der Waals surface area contributed by atoms with E-state index in [1.54, 1.807) is 13.8 Å². The van der Waals surface area contributed by atoms with Gasteiger partial charge in [-0.1, -0.05) is 6.92 Å². The van der Waals surface area contributed by atoms with E-state index in [4.69, 9.17) is 5.26 Å². The lowest BCUT2D eigenvalue weighted by atomic mass is 9.88. The Hall–Kier alpha value is -1.57. The third kappa shape index (κ3) is 3.46. The van der Waals surface area contributed by atoms with Crippen LogP contribution in [0.25, 0.3) is 0 Å². The maximum absolute atomic E-state index is 11.8. The molecule has 18 heavy (non-hydrogen) atoms. The molecule has 1 aliphatic rings.